The van der Waals surface area contributed by atoms with Crippen LogP contribution in [0.25, 0.3) is 77.5 Å². The number of rotatable bonds is 7. The molecule has 0 aliphatic carbocycles. The minimum absolute atomic E-state index is 0.825. The van der Waals surface area contributed by atoms with Gasteiger partial charge >= 0.3 is 0 Å². The maximum Gasteiger partial charge on any atom is 0.143 e. The first-order valence-electron chi connectivity index (χ1n) is 20.5. The highest BCUT2D eigenvalue weighted by atomic mass is 16.5. The Balaban J connectivity index is 1.05. The van der Waals surface area contributed by atoms with Gasteiger partial charge in [-0.3, -0.25) is 0 Å². The van der Waals surface area contributed by atoms with Gasteiger partial charge in [-0.1, -0.05) is 182 Å². The van der Waals surface area contributed by atoms with Gasteiger partial charge in [-0.2, -0.15) is 0 Å². The number of ether oxygens (including phenoxy) is 1. The van der Waals surface area contributed by atoms with Gasteiger partial charge in [-0.05, 0) is 115 Å². The van der Waals surface area contributed by atoms with E-state index in [0.29, 0.717) is 0 Å². The normalized spacial score (nSPS) is 11.5. The van der Waals surface area contributed by atoms with E-state index in [2.05, 4.69) is 241 Å². The standard InChI is InChI=1S/C58H39NO/c1-4-13-40(14-5-1)42-23-25-43(26-24-42)45-29-33-50(34-30-45)59(49-31-27-44(28-32-49)41-15-6-2-7-16-41)51-35-36-57-56(39-51)55-38-48-20-11-10-19-47(48)37-54(55)53-22-12-21-52(58(53)60-57)46-17-8-3-9-18-46/h1-39H. The van der Waals surface area contributed by atoms with E-state index in [9.17, 15) is 0 Å². The maximum atomic E-state index is 7.09. The molecule has 0 aromatic heterocycles. The molecule has 11 rings (SSSR count). The Kier molecular flexibility index (Phi) is 8.87. The SMILES string of the molecule is c1ccc(-c2ccc(-c3ccc(N(c4ccc(-c5ccccc5)cc4)c4ccc5c(c4)-c4cc6ccccc6cc4-c4cccc(-c6ccccc6)c4O5)cc3)cc2)cc1. The van der Waals surface area contributed by atoms with Crippen molar-refractivity contribution in [3.05, 3.63) is 237 Å². The number of para-hydroxylation sites is 1. The van der Waals surface area contributed by atoms with Gasteiger partial charge in [0.2, 0.25) is 0 Å². The van der Waals surface area contributed by atoms with E-state index in [1.807, 2.05) is 0 Å². The number of fused-ring (bicyclic) bond motifs is 6. The number of hydrogen-bond donors (Lipinski definition) is 0. The van der Waals surface area contributed by atoms with Crippen LogP contribution in [0, 0.1) is 0 Å². The summed E-state index contributed by atoms with van der Waals surface area (Å²) in [4.78, 5) is 2.35. The van der Waals surface area contributed by atoms with Crippen molar-refractivity contribution in [3.8, 4) is 78.3 Å². The van der Waals surface area contributed by atoms with Crippen LogP contribution in [0.5, 0.6) is 11.5 Å². The molecule has 2 heteroatoms. The van der Waals surface area contributed by atoms with Crippen LogP contribution in [0.1, 0.15) is 0 Å². The Labute approximate surface area is 350 Å². The lowest BCUT2D eigenvalue weighted by molar-refractivity contribution is 0.489. The molecule has 0 radical (unpaired) electrons. The summed E-state index contributed by atoms with van der Waals surface area (Å²) in [6.07, 6.45) is 0. The largest absolute Gasteiger partial charge is 0.455 e. The third kappa shape index (κ3) is 6.51. The van der Waals surface area contributed by atoms with E-state index in [-0.39, 0.29) is 0 Å². The fourth-order valence-corrected chi connectivity index (χ4v) is 8.63. The summed E-state index contributed by atoms with van der Waals surface area (Å²) in [5, 5.41) is 2.39. The van der Waals surface area contributed by atoms with Crippen molar-refractivity contribution in [2.24, 2.45) is 0 Å². The van der Waals surface area contributed by atoms with Gasteiger partial charge in [0.15, 0.2) is 0 Å². The van der Waals surface area contributed by atoms with Crippen molar-refractivity contribution in [1.29, 1.82) is 0 Å². The molecule has 0 N–H and O–H groups in total. The molecule has 0 saturated heterocycles. The molecule has 0 spiro atoms. The molecule has 0 amide bonds. The molecule has 0 unspecified atom stereocenters. The van der Waals surface area contributed by atoms with Crippen LogP contribution in [-0.4, -0.2) is 0 Å². The van der Waals surface area contributed by atoms with Crippen LogP contribution in [0.4, 0.5) is 17.1 Å². The third-order valence-corrected chi connectivity index (χ3v) is 11.7. The highest BCUT2D eigenvalue weighted by molar-refractivity contribution is 6.02. The number of hydrogen-bond acceptors (Lipinski definition) is 2. The molecule has 10 aromatic carbocycles. The highest BCUT2D eigenvalue weighted by Gasteiger charge is 2.26. The lowest BCUT2D eigenvalue weighted by Gasteiger charge is -2.27. The summed E-state index contributed by atoms with van der Waals surface area (Å²) in [5.74, 6) is 1.69. The van der Waals surface area contributed by atoms with Crippen molar-refractivity contribution in [3.63, 3.8) is 0 Å². The quantitative estimate of drug-likeness (QED) is 0.160. The average molecular weight is 766 g/mol. The van der Waals surface area contributed by atoms with E-state index < -0.39 is 0 Å². The Morgan fingerprint density at radius 1 is 0.250 bits per heavy atom. The summed E-state index contributed by atoms with van der Waals surface area (Å²) in [6, 6.07) is 84.7. The van der Waals surface area contributed by atoms with Crippen molar-refractivity contribution in [2.45, 2.75) is 0 Å². The lowest BCUT2D eigenvalue weighted by atomic mass is 9.90. The fourth-order valence-electron chi connectivity index (χ4n) is 8.63. The molecule has 0 fully saturated rings. The molecule has 60 heavy (non-hydrogen) atoms. The Morgan fingerprint density at radius 2 is 0.650 bits per heavy atom. The molecule has 282 valence electrons. The first kappa shape index (κ1) is 35.2. The van der Waals surface area contributed by atoms with Gasteiger partial charge in [0.1, 0.15) is 11.5 Å². The topological polar surface area (TPSA) is 12.5 Å². The molecular formula is C58H39NO. The molecular weight excluding hydrogens is 727 g/mol. The zero-order valence-corrected chi connectivity index (χ0v) is 32.9. The monoisotopic (exact) mass is 765 g/mol. The molecule has 0 bridgehead atoms. The minimum atomic E-state index is 0.825. The molecule has 1 aliphatic rings. The zero-order valence-electron chi connectivity index (χ0n) is 32.9. The molecule has 0 atom stereocenters. The summed E-state index contributed by atoms with van der Waals surface area (Å²) in [6.45, 7) is 0. The average Bonchev–Trinajstić information content (AvgIpc) is 3.46. The van der Waals surface area contributed by atoms with Crippen LogP contribution in [-0.2, 0) is 0 Å². The predicted molar refractivity (Wildman–Crippen MR) is 251 cm³/mol. The van der Waals surface area contributed by atoms with Gasteiger partial charge in [-0.25, -0.2) is 0 Å². The van der Waals surface area contributed by atoms with Crippen molar-refractivity contribution in [2.75, 3.05) is 4.90 Å². The second-order valence-corrected chi connectivity index (χ2v) is 15.3. The first-order chi connectivity index (χ1) is 29.7. The highest BCUT2D eigenvalue weighted by Crippen LogP contribution is 2.52. The molecule has 2 nitrogen and oxygen atoms in total. The first-order valence-corrected chi connectivity index (χ1v) is 20.5. The van der Waals surface area contributed by atoms with E-state index in [4.69, 9.17) is 4.74 Å². The van der Waals surface area contributed by atoms with E-state index >= 15 is 0 Å². The van der Waals surface area contributed by atoms with Crippen LogP contribution >= 0.6 is 0 Å². The fraction of sp³-hybridized carbons (Fsp3) is 0. The smallest absolute Gasteiger partial charge is 0.143 e. The molecule has 1 aliphatic heterocycles. The van der Waals surface area contributed by atoms with Crippen LogP contribution in [0.2, 0.25) is 0 Å². The van der Waals surface area contributed by atoms with E-state index in [1.165, 1.54) is 44.2 Å². The van der Waals surface area contributed by atoms with Gasteiger partial charge in [0.25, 0.3) is 0 Å². The molecule has 1 heterocycles. The summed E-state index contributed by atoms with van der Waals surface area (Å²) in [7, 11) is 0. The summed E-state index contributed by atoms with van der Waals surface area (Å²) < 4.78 is 7.09. The van der Waals surface area contributed by atoms with Crippen molar-refractivity contribution in [1.82, 2.24) is 0 Å². The number of benzene rings is 10. The van der Waals surface area contributed by atoms with Gasteiger partial charge in [0.05, 0.1) is 0 Å². The lowest BCUT2D eigenvalue weighted by Crippen LogP contribution is -2.10. The van der Waals surface area contributed by atoms with Crippen molar-refractivity contribution >= 4 is 27.8 Å². The van der Waals surface area contributed by atoms with Gasteiger partial charge < -0.3 is 9.64 Å². The molecule has 10 aromatic rings. The second kappa shape index (κ2) is 15.1. The predicted octanol–water partition coefficient (Wildman–Crippen LogP) is 16.4. The third-order valence-electron chi connectivity index (χ3n) is 11.7. The van der Waals surface area contributed by atoms with Gasteiger partial charge in [0, 0.05) is 33.8 Å². The summed E-state index contributed by atoms with van der Waals surface area (Å²) >= 11 is 0. The Hall–Kier alpha value is -7.94. The van der Waals surface area contributed by atoms with Crippen LogP contribution in [0.15, 0.2) is 237 Å². The Morgan fingerprint density at radius 3 is 1.17 bits per heavy atom. The second-order valence-electron chi connectivity index (χ2n) is 15.3. The molecule has 0 saturated carbocycles. The number of nitrogens with zero attached hydrogens (tertiary/aromatic N) is 1. The Bertz CT molecular complexity index is 3120. The van der Waals surface area contributed by atoms with E-state index in [0.717, 1.165) is 61.9 Å². The minimum Gasteiger partial charge on any atom is -0.455 e. The van der Waals surface area contributed by atoms with Crippen molar-refractivity contribution < 1.29 is 4.74 Å². The van der Waals surface area contributed by atoms with Crippen LogP contribution in [0.3, 0.4) is 0 Å². The summed E-state index contributed by atoms with van der Waals surface area (Å²) in [5.41, 5.74) is 16.9. The van der Waals surface area contributed by atoms with E-state index in [1.54, 1.807) is 0 Å². The maximum absolute atomic E-state index is 7.09. The zero-order chi connectivity index (χ0) is 39.8. The van der Waals surface area contributed by atoms with Crippen LogP contribution < -0.4 is 9.64 Å². The van der Waals surface area contributed by atoms with Gasteiger partial charge in [-0.15, -0.1) is 0 Å². The number of anilines is 3.